The Balaban J connectivity index is 3.18. The molecule has 0 radical (unpaired) electrons. The summed E-state index contributed by atoms with van der Waals surface area (Å²) in [6, 6.07) is 2.60. The number of nitrogens with one attached hydrogen (secondary N) is 1. The molecule has 0 aliphatic carbocycles. The van der Waals surface area contributed by atoms with E-state index >= 15 is 0 Å². The molecule has 0 saturated carbocycles. The fourth-order valence-corrected chi connectivity index (χ4v) is 1.14. The smallest absolute Gasteiger partial charge is 0.409 e. The van der Waals surface area contributed by atoms with Gasteiger partial charge in [-0.05, 0) is 12.1 Å². The second kappa shape index (κ2) is 4.61. The van der Waals surface area contributed by atoms with Gasteiger partial charge in [-0.3, -0.25) is 5.32 Å². The van der Waals surface area contributed by atoms with Crippen LogP contribution in [0.3, 0.4) is 0 Å². The van der Waals surface area contributed by atoms with Crippen molar-refractivity contribution in [1.29, 1.82) is 0 Å². The third kappa shape index (κ3) is 2.35. The van der Waals surface area contributed by atoms with E-state index in [-0.39, 0.29) is 17.0 Å². The number of anilines is 1. The Kier molecular flexibility index (Phi) is 3.46. The number of aliphatic hydroxyl groups is 1. The Morgan fingerprint density at radius 2 is 2.27 bits per heavy atom. The van der Waals surface area contributed by atoms with Crippen molar-refractivity contribution < 1.29 is 24.1 Å². The van der Waals surface area contributed by atoms with E-state index < -0.39 is 18.5 Å². The van der Waals surface area contributed by atoms with Gasteiger partial charge in [-0.1, -0.05) is 0 Å². The molecule has 0 aliphatic heterocycles. The summed E-state index contributed by atoms with van der Waals surface area (Å²) in [6.07, 6.45) is -1.32. The highest BCUT2D eigenvalue weighted by atomic mass is 19.1. The van der Waals surface area contributed by atoms with Crippen LogP contribution in [0, 0.1) is 5.82 Å². The zero-order valence-electron chi connectivity index (χ0n) is 7.95. The zero-order valence-corrected chi connectivity index (χ0v) is 7.95. The SMILES string of the molecule is COc1ccc(NC(=O)O)c(CO)c1F. The van der Waals surface area contributed by atoms with E-state index in [1.165, 1.54) is 19.2 Å². The highest BCUT2D eigenvalue weighted by Crippen LogP contribution is 2.27. The first-order valence-corrected chi connectivity index (χ1v) is 4.06. The van der Waals surface area contributed by atoms with Crippen molar-refractivity contribution >= 4 is 11.8 Å². The van der Waals surface area contributed by atoms with Gasteiger partial charge in [-0.15, -0.1) is 0 Å². The predicted octanol–water partition coefficient (Wildman–Crippen LogP) is 1.42. The second-order valence-electron chi connectivity index (χ2n) is 2.70. The summed E-state index contributed by atoms with van der Waals surface area (Å²) in [6.45, 7) is -0.612. The molecule has 0 bridgehead atoms. The number of carboxylic acid groups (broad SMARTS) is 1. The van der Waals surface area contributed by atoms with Gasteiger partial charge in [-0.25, -0.2) is 9.18 Å². The maximum Gasteiger partial charge on any atom is 0.409 e. The molecular formula is C9H10FNO4. The van der Waals surface area contributed by atoms with E-state index in [1.54, 1.807) is 0 Å². The van der Waals surface area contributed by atoms with Crippen LogP contribution < -0.4 is 10.1 Å². The summed E-state index contributed by atoms with van der Waals surface area (Å²) in [5.74, 6) is -0.818. The van der Waals surface area contributed by atoms with Gasteiger partial charge in [-0.2, -0.15) is 0 Å². The Morgan fingerprint density at radius 3 is 2.73 bits per heavy atom. The monoisotopic (exact) mass is 215 g/mol. The van der Waals surface area contributed by atoms with Crippen molar-refractivity contribution in [2.24, 2.45) is 0 Å². The number of hydrogen-bond donors (Lipinski definition) is 3. The molecule has 15 heavy (non-hydrogen) atoms. The molecule has 0 fully saturated rings. The second-order valence-corrected chi connectivity index (χ2v) is 2.70. The normalized spacial score (nSPS) is 9.80. The van der Waals surface area contributed by atoms with Gasteiger partial charge in [0, 0.05) is 5.56 Å². The van der Waals surface area contributed by atoms with Gasteiger partial charge in [0.05, 0.1) is 19.4 Å². The Bertz CT molecular complexity index is 381. The number of aliphatic hydroxyl groups excluding tert-OH is 1. The first-order valence-electron chi connectivity index (χ1n) is 4.06. The van der Waals surface area contributed by atoms with Crippen LogP contribution >= 0.6 is 0 Å². The molecule has 3 N–H and O–H groups in total. The molecule has 0 spiro atoms. The molecule has 0 aliphatic rings. The lowest BCUT2D eigenvalue weighted by atomic mass is 10.1. The quantitative estimate of drug-likeness (QED) is 0.712. The molecule has 0 aromatic heterocycles. The molecule has 1 aromatic carbocycles. The molecule has 82 valence electrons. The molecule has 1 rings (SSSR count). The highest BCUT2D eigenvalue weighted by molar-refractivity contribution is 5.84. The summed E-state index contributed by atoms with van der Waals surface area (Å²) in [5.41, 5.74) is -0.139. The molecule has 6 heteroatoms. The van der Waals surface area contributed by atoms with Crippen LogP contribution in [0.5, 0.6) is 5.75 Å². The van der Waals surface area contributed by atoms with Gasteiger partial charge in [0.25, 0.3) is 0 Å². The van der Waals surface area contributed by atoms with E-state index in [0.717, 1.165) is 0 Å². The van der Waals surface area contributed by atoms with Crippen LogP contribution in [-0.2, 0) is 6.61 Å². The van der Waals surface area contributed by atoms with Crippen molar-refractivity contribution in [3.05, 3.63) is 23.5 Å². The fraction of sp³-hybridized carbons (Fsp3) is 0.222. The number of amides is 1. The number of ether oxygens (including phenoxy) is 1. The van der Waals surface area contributed by atoms with Gasteiger partial charge >= 0.3 is 6.09 Å². The third-order valence-electron chi connectivity index (χ3n) is 1.83. The van der Waals surface area contributed by atoms with Crippen LogP contribution in [0.4, 0.5) is 14.9 Å². The minimum atomic E-state index is -1.32. The number of halogens is 1. The first kappa shape index (κ1) is 11.3. The lowest BCUT2D eigenvalue weighted by Gasteiger charge is -2.10. The highest BCUT2D eigenvalue weighted by Gasteiger charge is 2.14. The number of benzene rings is 1. The molecule has 0 saturated heterocycles. The van der Waals surface area contributed by atoms with Gasteiger partial charge in [0.1, 0.15) is 0 Å². The molecule has 0 heterocycles. The van der Waals surface area contributed by atoms with Crippen molar-refractivity contribution in [1.82, 2.24) is 0 Å². The van der Waals surface area contributed by atoms with Gasteiger partial charge in [0.2, 0.25) is 0 Å². The van der Waals surface area contributed by atoms with E-state index in [9.17, 15) is 9.18 Å². The van der Waals surface area contributed by atoms with Crippen LogP contribution in [0.25, 0.3) is 0 Å². The maximum absolute atomic E-state index is 13.5. The summed E-state index contributed by atoms with van der Waals surface area (Å²) >= 11 is 0. The average molecular weight is 215 g/mol. The minimum absolute atomic E-state index is 0.00306. The Labute approximate surface area is 85.1 Å². The van der Waals surface area contributed by atoms with E-state index in [1.807, 2.05) is 5.32 Å². The van der Waals surface area contributed by atoms with E-state index in [2.05, 4.69) is 4.74 Å². The number of carbonyl (C=O) groups is 1. The van der Waals surface area contributed by atoms with Gasteiger partial charge in [0.15, 0.2) is 11.6 Å². The van der Waals surface area contributed by atoms with Crippen LogP contribution in [-0.4, -0.2) is 23.4 Å². The standard InChI is InChI=1S/C9H10FNO4/c1-15-7-3-2-6(11-9(13)14)5(4-12)8(7)10/h2-3,11-12H,4H2,1H3,(H,13,14). The van der Waals surface area contributed by atoms with E-state index in [4.69, 9.17) is 10.2 Å². The van der Waals surface area contributed by atoms with E-state index in [0.29, 0.717) is 0 Å². The summed E-state index contributed by atoms with van der Waals surface area (Å²) in [4.78, 5) is 10.4. The molecular weight excluding hydrogens is 205 g/mol. The zero-order chi connectivity index (χ0) is 11.4. The lowest BCUT2D eigenvalue weighted by Crippen LogP contribution is -2.10. The molecule has 0 unspecified atom stereocenters. The first-order chi connectivity index (χ1) is 7.10. The molecule has 0 atom stereocenters. The van der Waals surface area contributed by atoms with Crippen LogP contribution in [0.15, 0.2) is 12.1 Å². The van der Waals surface area contributed by atoms with Crippen LogP contribution in [0.1, 0.15) is 5.56 Å². The number of methoxy groups -OCH3 is 1. The van der Waals surface area contributed by atoms with Crippen molar-refractivity contribution in [2.75, 3.05) is 12.4 Å². The largest absolute Gasteiger partial charge is 0.494 e. The molecule has 1 aromatic rings. The van der Waals surface area contributed by atoms with Crippen molar-refractivity contribution in [2.45, 2.75) is 6.61 Å². The summed E-state index contributed by atoms with van der Waals surface area (Å²) in [7, 11) is 1.28. The molecule has 1 amide bonds. The number of hydrogen-bond acceptors (Lipinski definition) is 3. The minimum Gasteiger partial charge on any atom is -0.494 e. The number of rotatable bonds is 3. The fourth-order valence-electron chi connectivity index (χ4n) is 1.14. The average Bonchev–Trinajstić information content (AvgIpc) is 2.18. The van der Waals surface area contributed by atoms with Crippen molar-refractivity contribution in [3.63, 3.8) is 0 Å². The van der Waals surface area contributed by atoms with Gasteiger partial charge < -0.3 is 14.9 Å². The topological polar surface area (TPSA) is 78.8 Å². The van der Waals surface area contributed by atoms with Crippen molar-refractivity contribution in [3.8, 4) is 5.75 Å². The Morgan fingerprint density at radius 1 is 1.60 bits per heavy atom. The summed E-state index contributed by atoms with van der Waals surface area (Å²) < 4.78 is 18.2. The Hall–Kier alpha value is -1.82. The predicted molar refractivity (Wildman–Crippen MR) is 50.5 cm³/mol. The lowest BCUT2D eigenvalue weighted by molar-refractivity contribution is 0.209. The maximum atomic E-state index is 13.5. The summed E-state index contributed by atoms with van der Waals surface area (Å²) in [5, 5.41) is 19.3. The van der Waals surface area contributed by atoms with Crippen LogP contribution in [0.2, 0.25) is 0 Å². The molecule has 5 nitrogen and oxygen atoms in total. The third-order valence-corrected chi connectivity index (χ3v) is 1.83.